The lowest BCUT2D eigenvalue weighted by molar-refractivity contribution is 0.528. The Bertz CT molecular complexity index is 130. The predicted molar refractivity (Wildman–Crippen MR) is 39.0 cm³/mol. The quantitative estimate of drug-likeness (QED) is 0.538. The highest BCUT2D eigenvalue weighted by molar-refractivity contribution is 7.99. The summed E-state index contributed by atoms with van der Waals surface area (Å²) in [5.74, 6) is 2.18. The molecule has 1 aliphatic heterocycles. The molecule has 0 aromatic rings. The molecule has 2 atom stereocenters. The first kappa shape index (κ1) is 6.91. The zero-order valence-electron chi connectivity index (χ0n) is 5.21. The van der Waals surface area contributed by atoms with Gasteiger partial charge in [0, 0.05) is 11.8 Å². The Kier molecular flexibility index (Phi) is 2.38. The summed E-state index contributed by atoms with van der Waals surface area (Å²) in [5, 5.41) is 8.52. The van der Waals surface area contributed by atoms with Crippen LogP contribution in [0, 0.1) is 17.2 Å². The zero-order valence-corrected chi connectivity index (χ0v) is 6.03. The van der Waals surface area contributed by atoms with E-state index in [1.807, 2.05) is 11.8 Å². The van der Waals surface area contributed by atoms with Crippen LogP contribution in [0.4, 0.5) is 0 Å². The number of thioether (sulfide) groups is 1. The highest BCUT2D eigenvalue weighted by Crippen LogP contribution is 2.20. The summed E-state index contributed by atoms with van der Waals surface area (Å²) in [6.07, 6.45) is 0.975. The molecule has 2 nitrogen and oxygen atoms in total. The monoisotopic (exact) mass is 142 g/mol. The van der Waals surface area contributed by atoms with Crippen LogP contribution in [0.25, 0.3) is 0 Å². The van der Waals surface area contributed by atoms with Crippen molar-refractivity contribution in [2.24, 2.45) is 11.7 Å². The van der Waals surface area contributed by atoms with Crippen molar-refractivity contribution in [1.29, 1.82) is 5.26 Å². The standard InChI is InChI=1S/C6H10N2S/c7-3-5-1-2-9-4-6(5)8/h5-6H,1-2,4,8H2. The fraction of sp³-hybridized carbons (Fsp3) is 0.833. The van der Waals surface area contributed by atoms with E-state index in [-0.39, 0.29) is 12.0 Å². The van der Waals surface area contributed by atoms with E-state index in [0.717, 1.165) is 17.9 Å². The molecule has 1 rings (SSSR count). The largest absolute Gasteiger partial charge is 0.326 e. The molecular formula is C6H10N2S. The molecule has 0 aromatic heterocycles. The minimum Gasteiger partial charge on any atom is -0.326 e. The van der Waals surface area contributed by atoms with Crippen molar-refractivity contribution < 1.29 is 0 Å². The highest BCUT2D eigenvalue weighted by Gasteiger charge is 2.20. The molecule has 3 heteroatoms. The molecule has 0 saturated carbocycles. The number of rotatable bonds is 0. The summed E-state index contributed by atoms with van der Waals surface area (Å²) in [5.41, 5.74) is 5.65. The minimum atomic E-state index is 0.117. The van der Waals surface area contributed by atoms with Gasteiger partial charge in [-0.25, -0.2) is 0 Å². The molecule has 0 spiro atoms. The third kappa shape index (κ3) is 1.60. The normalized spacial score (nSPS) is 35.6. The topological polar surface area (TPSA) is 49.8 Å². The average molecular weight is 142 g/mol. The second-order valence-corrected chi connectivity index (χ2v) is 3.41. The SMILES string of the molecule is N#CC1CCSCC1N. The van der Waals surface area contributed by atoms with Crippen LogP contribution in [0.1, 0.15) is 6.42 Å². The molecular weight excluding hydrogens is 132 g/mol. The summed E-state index contributed by atoms with van der Waals surface area (Å²) in [7, 11) is 0. The molecule has 1 heterocycles. The first-order chi connectivity index (χ1) is 4.34. The van der Waals surface area contributed by atoms with Crippen LogP contribution in [-0.2, 0) is 0 Å². The number of nitrogens with zero attached hydrogens (tertiary/aromatic N) is 1. The lowest BCUT2D eigenvalue weighted by atomic mass is 10.0. The fourth-order valence-corrected chi connectivity index (χ4v) is 2.01. The van der Waals surface area contributed by atoms with Crippen molar-refractivity contribution in [3.05, 3.63) is 0 Å². The van der Waals surface area contributed by atoms with Crippen molar-refractivity contribution in [3.8, 4) is 6.07 Å². The van der Waals surface area contributed by atoms with Crippen LogP contribution in [0.3, 0.4) is 0 Å². The van der Waals surface area contributed by atoms with Crippen molar-refractivity contribution in [2.45, 2.75) is 12.5 Å². The second-order valence-electron chi connectivity index (χ2n) is 2.26. The van der Waals surface area contributed by atoms with Gasteiger partial charge in [-0.15, -0.1) is 0 Å². The molecule has 50 valence electrons. The van der Waals surface area contributed by atoms with E-state index in [4.69, 9.17) is 11.0 Å². The van der Waals surface area contributed by atoms with E-state index in [1.165, 1.54) is 0 Å². The van der Waals surface area contributed by atoms with Gasteiger partial charge in [0.05, 0.1) is 12.0 Å². The molecule has 1 saturated heterocycles. The van der Waals surface area contributed by atoms with E-state index in [0.29, 0.717) is 0 Å². The molecule has 0 bridgehead atoms. The molecule has 2 unspecified atom stereocenters. The highest BCUT2D eigenvalue weighted by atomic mass is 32.2. The second kappa shape index (κ2) is 3.09. The van der Waals surface area contributed by atoms with Gasteiger partial charge < -0.3 is 5.73 Å². The van der Waals surface area contributed by atoms with Gasteiger partial charge in [-0.1, -0.05) is 0 Å². The molecule has 0 amide bonds. The van der Waals surface area contributed by atoms with Crippen LogP contribution in [0.2, 0.25) is 0 Å². The third-order valence-electron chi connectivity index (χ3n) is 1.57. The van der Waals surface area contributed by atoms with E-state index in [1.54, 1.807) is 0 Å². The smallest absolute Gasteiger partial charge is 0.0672 e. The summed E-state index contributed by atoms with van der Waals surface area (Å²) in [6, 6.07) is 2.33. The molecule has 2 N–H and O–H groups in total. The number of nitriles is 1. The first-order valence-corrected chi connectivity index (χ1v) is 4.23. The fourth-order valence-electron chi connectivity index (χ4n) is 0.920. The van der Waals surface area contributed by atoms with Crippen LogP contribution in [-0.4, -0.2) is 17.5 Å². The van der Waals surface area contributed by atoms with Crippen molar-refractivity contribution >= 4 is 11.8 Å². The number of hydrogen-bond acceptors (Lipinski definition) is 3. The van der Waals surface area contributed by atoms with Gasteiger partial charge in [0.25, 0.3) is 0 Å². The van der Waals surface area contributed by atoms with Gasteiger partial charge in [0.15, 0.2) is 0 Å². The minimum absolute atomic E-state index is 0.117. The van der Waals surface area contributed by atoms with Crippen LogP contribution >= 0.6 is 11.8 Å². The maximum absolute atomic E-state index is 8.52. The van der Waals surface area contributed by atoms with Gasteiger partial charge in [-0.2, -0.15) is 17.0 Å². The Labute approximate surface area is 59.4 Å². The van der Waals surface area contributed by atoms with Gasteiger partial charge in [0.1, 0.15) is 0 Å². The van der Waals surface area contributed by atoms with Gasteiger partial charge in [-0.05, 0) is 12.2 Å². The van der Waals surface area contributed by atoms with Crippen LogP contribution in [0.5, 0.6) is 0 Å². The predicted octanol–water partition coefficient (Wildman–Crippen LogP) is 0.590. The summed E-state index contributed by atoms with van der Waals surface area (Å²) < 4.78 is 0. The molecule has 9 heavy (non-hydrogen) atoms. The summed E-state index contributed by atoms with van der Waals surface area (Å²) in [4.78, 5) is 0. The van der Waals surface area contributed by atoms with Crippen molar-refractivity contribution in [3.63, 3.8) is 0 Å². The van der Waals surface area contributed by atoms with Crippen LogP contribution in [0.15, 0.2) is 0 Å². The summed E-state index contributed by atoms with van der Waals surface area (Å²) in [6.45, 7) is 0. The van der Waals surface area contributed by atoms with Crippen molar-refractivity contribution in [2.75, 3.05) is 11.5 Å². The number of nitrogens with two attached hydrogens (primary N) is 1. The zero-order chi connectivity index (χ0) is 6.69. The molecule has 0 aromatic carbocycles. The number of hydrogen-bond donors (Lipinski definition) is 1. The Hall–Kier alpha value is -0.200. The van der Waals surface area contributed by atoms with E-state index < -0.39 is 0 Å². The first-order valence-electron chi connectivity index (χ1n) is 3.07. The lowest BCUT2D eigenvalue weighted by Crippen LogP contribution is -2.35. The molecule has 0 radical (unpaired) electrons. The van der Waals surface area contributed by atoms with Crippen LogP contribution < -0.4 is 5.73 Å². The van der Waals surface area contributed by atoms with Crippen molar-refractivity contribution in [1.82, 2.24) is 0 Å². The Morgan fingerprint density at radius 3 is 2.89 bits per heavy atom. The van der Waals surface area contributed by atoms with E-state index in [9.17, 15) is 0 Å². The Balaban J connectivity index is 2.41. The summed E-state index contributed by atoms with van der Waals surface area (Å²) >= 11 is 1.85. The maximum atomic E-state index is 8.52. The average Bonchev–Trinajstić information content (AvgIpc) is 1.89. The van der Waals surface area contributed by atoms with E-state index in [2.05, 4.69) is 6.07 Å². The Morgan fingerprint density at radius 2 is 2.44 bits per heavy atom. The maximum Gasteiger partial charge on any atom is 0.0672 e. The lowest BCUT2D eigenvalue weighted by Gasteiger charge is -2.21. The third-order valence-corrected chi connectivity index (χ3v) is 2.71. The van der Waals surface area contributed by atoms with E-state index >= 15 is 0 Å². The Morgan fingerprint density at radius 1 is 1.67 bits per heavy atom. The molecule has 1 aliphatic rings. The van der Waals surface area contributed by atoms with Gasteiger partial charge in [0.2, 0.25) is 0 Å². The molecule has 1 fully saturated rings. The van der Waals surface area contributed by atoms with Gasteiger partial charge in [-0.3, -0.25) is 0 Å². The molecule has 0 aliphatic carbocycles. The van der Waals surface area contributed by atoms with Gasteiger partial charge >= 0.3 is 0 Å².